The van der Waals surface area contributed by atoms with Crippen LogP contribution in [0.2, 0.25) is 0 Å². The van der Waals surface area contributed by atoms with Crippen LogP contribution in [0.25, 0.3) is 16.9 Å². The van der Waals surface area contributed by atoms with Gasteiger partial charge in [-0.2, -0.15) is 18.3 Å². The Hall–Kier alpha value is -4.12. The molecule has 0 saturated heterocycles. The summed E-state index contributed by atoms with van der Waals surface area (Å²) in [4.78, 5) is 14.9. The molecule has 0 atom stereocenters. The highest BCUT2D eigenvalue weighted by molar-refractivity contribution is 5.86. The first-order chi connectivity index (χ1) is 15.1. The van der Waals surface area contributed by atoms with E-state index in [1.165, 1.54) is 11.6 Å². The number of benzene rings is 2. The lowest BCUT2D eigenvalue weighted by Gasteiger charge is -2.11. The minimum atomic E-state index is -4.81. The molecule has 0 fully saturated rings. The van der Waals surface area contributed by atoms with Crippen LogP contribution in [0, 0.1) is 0 Å². The van der Waals surface area contributed by atoms with Crippen molar-refractivity contribution in [2.45, 2.75) is 12.7 Å². The van der Waals surface area contributed by atoms with Crippen molar-refractivity contribution in [3.8, 4) is 22.8 Å². The predicted octanol–water partition coefficient (Wildman–Crippen LogP) is 3.67. The number of phenols is 2. The van der Waals surface area contributed by atoms with Gasteiger partial charge >= 0.3 is 12.1 Å². The second-order valence-corrected chi connectivity index (χ2v) is 6.52. The van der Waals surface area contributed by atoms with Gasteiger partial charge in [-0.25, -0.2) is 14.3 Å². The van der Waals surface area contributed by atoms with Crippen molar-refractivity contribution in [2.24, 2.45) is 5.73 Å². The van der Waals surface area contributed by atoms with Crippen LogP contribution in [0.1, 0.15) is 21.7 Å². The summed E-state index contributed by atoms with van der Waals surface area (Å²) in [5.41, 5.74) is 4.36. The van der Waals surface area contributed by atoms with Crippen molar-refractivity contribution in [3.05, 3.63) is 77.6 Å². The molecule has 0 unspecified atom stereocenters. The Bertz CT molecular complexity index is 1260. The first-order valence-corrected chi connectivity index (χ1v) is 9.08. The minimum absolute atomic E-state index is 0.108. The van der Waals surface area contributed by atoms with Crippen molar-refractivity contribution in [3.63, 3.8) is 0 Å². The Morgan fingerprint density at radius 3 is 2.22 bits per heavy atom. The number of fused-ring (bicyclic) bond motifs is 1. The first-order valence-electron chi connectivity index (χ1n) is 9.08. The summed E-state index contributed by atoms with van der Waals surface area (Å²) in [6.07, 6.45) is -4.81. The number of aromatic nitrogens is 3. The average molecular weight is 446 g/mol. The number of nitrogens with two attached hydrogens (primary N) is 1. The highest BCUT2D eigenvalue weighted by Gasteiger charge is 2.35. The highest BCUT2D eigenvalue weighted by Crippen LogP contribution is 2.34. The summed E-state index contributed by atoms with van der Waals surface area (Å²) < 4.78 is 40.1. The molecule has 32 heavy (non-hydrogen) atoms. The van der Waals surface area contributed by atoms with Gasteiger partial charge in [0.1, 0.15) is 0 Å². The number of rotatable bonds is 3. The van der Waals surface area contributed by atoms with Gasteiger partial charge in [-0.15, -0.1) is 0 Å². The molecule has 0 saturated carbocycles. The van der Waals surface area contributed by atoms with E-state index in [1.807, 2.05) is 30.3 Å². The Morgan fingerprint density at radius 1 is 1.00 bits per heavy atom. The SMILES string of the molecule is NCc1ccccc1.O=C(O)c1cc2nc(-c3ccc(O)c(O)c3)cc(C(F)(F)F)n2n1. The van der Waals surface area contributed by atoms with Gasteiger partial charge in [0.25, 0.3) is 0 Å². The number of phenolic OH excluding ortho intramolecular Hbond substituents is 2. The van der Waals surface area contributed by atoms with Crippen molar-refractivity contribution in [1.29, 1.82) is 0 Å². The molecular formula is C21H17F3N4O4. The van der Waals surface area contributed by atoms with Gasteiger partial charge in [0.05, 0.1) is 5.69 Å². The van der Waals surface area contributed by atoms with Crippen LogP contribution in [-0.4, -0.2) is 35.9 Å². The van der Waals surface area contributed by atoms with Crippen LogP contribution < -0.4 is 5.73 Å². The molecule has 0 bridgehead atoms. The number of carboxylic acid groups (broad SMARTS) is 1. The van der Waals surface area contributed by atoms with Gasteiger partial charge in [0, 0.05) is 18.2 Å². The Morgan fingerprint density at radius 2 is 1.69 bits per heavy atom. The largest absolute Gasteiger partial charge is 0.504 e. The zero-order valence-corrected chi connectivity index (χ0v) is 16.3. The predicted molar refractivity (Wildman–Crippen MR) is 108 cm³/mol. The zero-order chi connectivity index (χ0) is 23.5. The Balaban J connectivity index is 0.000000305. The summed E-state index contributed by atoms with van der Waals surface area (Å²) in [6, 6.07) is 15.0. The molecular weight excluding hydrogens is 429 g/mol. The fourth-order valence-electron chi connectivity index (χ4n) is 2.73. The lowest BCUT2D eigenvalue weighted by molar-refractivity contribution is -0.142. The number of halogens is 3. The van der Waals surface area contributed by atoms with E-state index in [0.29, 0.717) is 17.1 Å². The fourth-order valence-corrected chi connectivity index (χ4v) is 2.73. The molecule has 166 valence electrons. The van der Waals surface area contributed by atoms with E-state index in [2.05, 4.69) is 10.1 Å². The quantitative estimate of drug-likeness (QED) is 0.353. The van der Waals surface area contributed by atoms with Gasteiger partial charge in [-0.1, -0.05) is 30.3 Å². The van der Waals surface area contributed by atoms with Crippen molar-refractivity contribution in [2.75, 3.05) is 0 Å². The summed E-state index contributed by atoms with van der Waals surface area (Å²) in [7, 11) is 0. The maximum atomic E-state index is 13.2. The fraction of sp³-hybridized carbons (Fsp3) is 0.0952. The maximum Gasteiger partial charge on any atom is 0.433 e. The summed E-state index contributed by atoms with van der Waals surface area (Å²) in [6.45, 7) is 0.640. The normalized spacial score (nSPS) is 11.1. The number of nitrogens with zero attached hydrogens (tertiary/aromatic N) is 3. The van der Waals surface area contributed by atoms with E-state index in [0.717, 1.165) is 18.2 Å². The van der Waals surface area contributed by atoms with Crippen molar-refractivity contribution < 1.29 is 33.3 Å². The third-order valence-electron chi connectivity index (χ3n) is 4.29. The maximum absolute atomic E-state index is 13.2. The molecule has 0 spiro atoms. The number of aromatic carboxylic acids is 1. The molecule has 0 amide bonds. The van der Waals surface area contributed by atoms with E-state index < -0.39 is 35.0 Å². The Labute approximate surface area is 179 Å². The minimum Gasteiger partial charge on any atom is -0.504 e. The summed E-state index contributed by atoms with van der Waals surface area (Å²) >= 11 is 0. The first kappa shape index (κ1) is 22.6. The van der Waals surface area contributed by atoms with Gasteiger partial charge < -0.3 is 21.1 Å². The van der Waals surface area contributed by atoms with Gasteiger partial charge in [0.2, 0.25) is 0 Å². The molecule has 0 aliphatic heterocycles. The van der Waals surface area contributed by atoms with Gasteiger partial charge in [-0.3, -0.25) is 0 Å². The van der Waals surface area contributed by atoms with Crippen molar-refractivity contribution >= 4 is 11.6 Å². The number of aromatic hydroxyl groups is 2. The molecule has 0 aliphatic carbocycles. The van der Waals surface area contributed by atoms with Crippen LogP contribution in [-0.2, 0) is 12.7 Å². The Kier molecular flexibility index (Phi) is 6.30. The number of hydrogen-bond acceptors (Lipinski definition) is 6. The monoisotopic (exact) mass is 446 g/mol. The molecule has 8 nitrogen and oxygen atoms in total. The van der Waals surface area contributed by atoms with E-state index in [1.54, 1.807) is 0 Å². The standard InChI is InChI=1S/C14H8F3N3O4.C7H9N/c15-14(16,17)11-4-7(6-1-2-9(21)10(22)3-6)18-12-5-8(13(23)24)19-20(11)12;8-6-7-4-2-1-3-5-7/h1-5,21-22H,(H,23,24);1-5H,6,8H2. The van der Waals surface area contributed by atoms with E-state index in [9.17, 15) is 28.2 Å². The summed E-state index contributed by atoms with van der Waals surface area (Å²) in [5.74, 6) is -2.45. The third kappa shape index (κ3) is 4.95. The molecule has 2 heterocycles. The van der Waals surface area contributed by atoms with Crippen LogP contribution >= 0.6 is 0 Å². The number of alkyl halides is 3. The van der Waals surface area contributed by atoms with E-state index in [4.69, 9.17) is 10.8 Å². The van der Waals surface area contributed by atoms with Crippen LogP contribution in [0.5, 0.6) is 11.5 Å². The second-order valence-electron chi connectivity index (χ2n) is 6.52. The molecule has 2 aromatic heterocycles. The van der Waals surface area contributed by atoms with E-state index >= 15 is 0 Å². The molecule has 0 radical (unpaired) electrons. The van der Waals surface area contributed by atoms with Crippen LogP contribution in [0.4, 0.5) is 13.2 Å². The number of carboxylic acids is 1. The highest BCUT2D eigenvalue weighted by atomic mass is 19.4. The lowest BCUT2D eigenvalue weighted by Crippen LogP contribution is -2.14. The summed E-state index contributed by atoms with van der Waals surface area (Å²) in [5, 5.41) is 31.0. The smallest absolute Gasteiger partial charge is 0.433 e. The number of hydrogen-bond donors (Lipinski definition) is 4. The molecule has 5 N–H and O–H groups in total. The van der Waals surface area contributed by atoms with Crippen LogP contribution in [0.3, 0.4) is 0 Å². The topological polar surface area (TPSA) is 134 Å². The molecule has 11 heteroatoms. The average Bonchev–Trinajstić information content (AvgIpc) is 3.20. The molecule has 0 aliphatic rings. The van der Waals surface area contributed by atoms with Gasteiger partial charge in [-0.05, 0) is 29.8 Å². The molecule has 4 rings (SSSR count). The second kappa shape index (κ2) is 8.94. The van der Waals surface area contributed by atoms with Gasteiger partial charge in [0.15, 0.2) is 28.5 Å². The van der Waals surface area contributed by atoms with Crippen molar-refractivity contribution in [1.82, 2.24) is 14.6 Å². The van der Waals surface area contributed by atoms with Crippen LogP contribution in [0.15, 0.2) is 60.7 Å². The molecule has 2 aromatic carbocycles. The third-order valence-corrected chi connectivity index (χ3v) is 4.29. The zero-order valence-electron chi connectivity index (χ0n) is 16.3. The molecule has 4 aromatic rings. The number of carbonyl (C=O) groups is 1. The van der Waals surface area contributed by atoms with E-state index in [-0.39, 0.29) is 16.9 Å². The lowest BCUT2D eigenvalue weighted by atomic mass is 10.1.